The summed E-state index contributed by atoms with van der Waals surface area (Å²) in [5.74, 6) is 1.95. The third-order valence-electron chi connectivity index (χ3n) is 7.12. The van der Waals surface area contributed by atoms with Crippen molar-refractivity contribution in [3.05, 3.63) is 0 Å². The molecule has 0 aromatic rings. The molecule has 2 atom stereocenters. The van der Waals surface area contributed by atoms with Crippen molar-refractivity contribution in [1.29, 1.82) is 0 Å². The smallest absolute Gasteiger partial charge is 0.0309 e. The van der Waals surface area contributed by atoms with Crippen LogP contribution in [-0.2, 0) is 0 Å². The molecule has 2 unspecified atom stereocenters. The number of nitrogens with zero attached hydrogens (tertiary/aromatic N) is 1. The van der Waals surface area contributed by atoms with Crippen LogP contribution in [0.1, 0.15) is 77.6 Å². The largest absolute Gasteiger partial charge is 0.308 e. The van der Waals surface area contributed by atoms with Gasteiger partial charge in [-0.15, -0.1) is 0 Å². The summed E-state index contributed by atoms with van der Waals surface area (Å²) in [4.78, 5) is 3.01. The van der Waals surface area contributed by atoms with Gasteiger partial charge in [0.1, 0.15) is 0 Å². The molecule has 0 bridgehead atoms. The number of hydrogen-bond donors (Lipinski definition) is 1. The minimum atomic E-state index is 0.424. The average Bonchev–Trinajstić information content (AvgIpc) is 3.25. The van der Waals surface area contributed by atoms with Gasteiger partial charge in [0.05, 0.1) is 0 Å². The molecule has 21 heavy (non-hydrogen) atoms. The summed E-state index contributed by atoms with van der Waals surface area (Å²) in [5, 5.41) is 4.02. The Balaban J connectivity index is 1.50. The highest BCUT2D eigenvalue weighted by atomic mass is 15.3. The molecule has 1 aliphatic heterocycles. The molecule has 0 aromatic heterocycles. The van der Waals surface area contributed by atoms with Crippen LogP contribution in [0.2, 0.25) is 0 Å². The first-order valence-electron chi connectivity index (χ1n) is 9.77. The minimum absolute atomic E-state index is 0.424. The monoisotopic (exact) mass is 290 g/mol. The standard InChI is InChI=1S/C19H34N2/c1-19(16-11-12-16)14-21(17-9-5-6-10-17)18(13-20-19)15-7-3-2-4-8-15/h15-18,20H,2-14H2,1H3. The highest BCUT2D eigenvalue weighted by Gasteiger charge is 2.48. The molecule has 0 aromatic carbocycles. The minimum Gasteiger partial charge on any atom is -0.308 e. The van der Waals surface area contributed by atoms with Crippen molar-refractivity contribution in [2.45, 2.75) is 95.2 Å². The maximum absolute atomic E-state index is 4.02. The highest BCUT2D eigenvalue weighted by molar-refractivity contribution is 5.06. The first-order chi connectivity index (χ1) is 10.3. The molecule has 2 nitrogen and oxygen atoms in total. The van der Waals surface area contributed by atoms with Crippen molar-refractivity contribution < 1.29 is 0 Å². The van der Waals surface area contributed by atoms with Crippen molar-refractivity contribution in [3.63, 3.8) is 0 Å². The van der Waals surface area contributed by atoms with Gasteiger partial charge in [-0.3, -0.25) is 4.90 Å². The van der Waals surface area contributed by atoms with Gasteiger partial charge in [-0.1, -0.05) is 32.1 Å². The molecule has 4 fully saturated rings. The van der Waals surface area contributed by atoms with Gasteiger partial charge >= 0.3 is 0 Å². The Labute approximate surface area is 131 Å². The summed E-state index contributed by atoms with van der Waals surface area (Å²) in [6.45, 7) is 5.13. The molecule has 1 heterocycles. The van der Waals surface area contributed by atoms with Crippen LogP contribution in [-0.4, -0.2) is 35.6 Å². The molecule has 4 aliphatic rings. The fraction of sp³-hybridized carbons (Fsp3) is 1.00. The fourth-order valence-corrected chi connectivity index (χ4v) is 5.59. The van der Waals surface area contributed by atoms with E-state index in [9.17, 15) is 0 Å². The van der Waals surface area contributed by atoms with Gasteiger partial charge in [-0.2, -0.15) is 0 Å². The average molecular weight is 290 g/mol. The van der Waals surface area contributed by atoms with Gasteiger partial charge < -0.3 is 5.32 Å². The predicted molar refractivity (Wildman–Crippen MR) is 88.5 cm³/mol. The molecule has 1 saturated heterocycles. The Morgan fingerprint density at radius 1 is 0.857 bits per heavy atom. The van der Waals surface area contributed by atoms with Crippen molar-refractivity contribution in [3.8, 4) is 0 Å². The topological polar surface area (TPSA) is 15.3 Å². The summed E-state index contributed by atoms with van der Waals surface area (Å²) < 4.78 is 0. The molecule has 4 rings (SSSR count). The van der Waals surface area contributed by atoms with Crippen molar-refractivity contribution in [1.82, 2.24) is 10.2 Å². The van der Waals surface area contributed by atoms with E-state index in [1.54, 1.807) is 0 Å². The van der Waals surface area contributed by atoms with Crippen LogP contribution < -0.4 is 5.32 Å². The zero-order chi connectivity index (χ0) is 14.3. The van der Waals surface area contributed by atoms with Crippen LogP contribution in [0.25, 0.3) is 0 Å². The molecule has 3 aliphatic carbocycles. The van der Waals surface area contributed by atoms with Crippen LogP contribution in [0.15, 0.2) is 0 Å². The third-order valence-corrected chi connectivity index (χ3v) is 7.12. The van der Waals surface area contributed by atoms with Gasteiger partial charge in [0, 0.05) is 30.7 Å². The molecule has 3 saturated carbocycles. The molecule has 0 radical (unpaired) electrons. The molecule has 120 valence electrons. The van der Waals surface area contributed by atoms with Gasteiger partial charge in [0.2, 0.25) is 0 Å². The van der Waals surface area contributed by atoms with E-state index in [0.29, 0.717) is 5.54 Å². The summed E-state index contributed by atoms with van der Waals surface area (Å²) in [5.41, 5.74) is 0.424. The van der Waals surface area contributed by atoms with Gasteiger partial charge in [-0.25, -0.2) is 0 Å². The van der Waals surface area contributed by atoms with Gasteiger partial charge in [0.25, 0.3) is 0 Å². The normalized spacial score (nSPS) is 40.7. The lowest BCUT2D eigenvalue weighted by atomic mass is 9.79. The first kappa shape index (κ1) is 14.5. The lowest BCUT2D eigenvalue weighted by Gasteiger charge is -2.52. The SMILES string of the molecule is CC1(C2CC2)CN(C2CCCC2)C(C2CCCCC2)CN1. The molecule has 1 N–H and O–H groups in total. The summed E-state index contributed by atoms with van der Waals surface area (Å²) >= 11 is 0. The predicted octanol–water partition coefficient (Wildman–Crippen LogP) is 3.95. The lowest BCUT2D eigenvalue weighted by Crippen LogP contribution is -2.67. The van der Waals surface area contributed by atoms with Crippen molar-refractivity contribution >= 4 is 0 Å². The van der Waals surface area contributed by atoms with E-state index in [2.05, 4.69) is 17.1 Å². The highest BCUT2D eigenvalue weighted by Crippen LogP contribution is 2.44. The molecule has 0 amide bonds. The van der Waals surface area contributed by atoms with E-state index < -0.39 is 0 Å². The van der Waals surface area contributed by atoms with Crippen LogP contribution in [0, 0.1) is 11.8 Å². The lowest BCUT2D eigenvalue weighted by molar-refractivity contribution is 0.00468. The van der Waals surface area contributed by atoms with E-state index in [1.807, 2.05) is 0 Å². The Hall–Kier alpha value is -0.0800. The van der Waals surface area contributed by atoms with E-state index in [1.165, 1.54) is 83.7 Å². The van der Waals surface area contributed by atoms with Crippen LogP contribution >= 0.6 is 0 Å². The summed E-state index contributed by atoms with van der Waals surface area (Å²) in [6.07, 6.45) is 16.3. The molecular formula is C19H34N2. The zero-order valence-electron chi connectivity index (χ0n) is 13.9. The fourth-order valence-electron chi connectivity index (χ4n) is 5.59. The second-order valence-corrected chi connectivity index (χ2v) is 8.65. The van der Waals surface area contributed by atoms with E-state index >= 15 is 0 Å². The Morgan fingerprint density at radius 2 is 1.52 bits per heavy atom. The number of nitrogens with one attached hydrogen (secondary N) is 1. The Bertz CT molecular complexity index is 353. The molecular weight excluding hydrogens is 256 g/mol. The van der Waals surface area contributed by atoms with Crippen LogP contribution in [0.4, 0.5) is 0 Å². The molecule has 0 spiro atoms. The summed E-state index contributed by atoms with van der Waals surface area (Å²) in [6, 6.07) is 1.76. The zero-order valence-corrected chi connectivity index (χ0v) is 13.9. The van der Waals surface area contributed by atoms with E-state index in [0.717, 1.165) is 23.9 Å². The third kappa shape index (κ3) is 2.91. The van der Waals surface area contributed by atoms with Gasteiger partial charge in [-0.05, 0) is 57.3 Å². The van der Waals surface area contributed by atoms with Crippen molar-refractivity contribution in [2.24, 2.45) is 11.8 Å². The Kier molecular flexibility index (Phi) is 4.04. The summed E-state index contributed by atoms with van der Waals surface area (Å²) in [7, 11) is 0. The maximum atomic E-state index is 4.02. The number of hydrogen-bond acceptors (Lipinski definition) is 2. The van der Waals surface area contributed by atoms with Crippen LogP contribution in [0.5, 0.6) is 0 Å². The quantitative estimate of drug-likeness (QED) is 0.846. The molecule has 2 heteroatoms. The first-order valence-corrected chi connectivity index (χ1v) is 9.77. The number of piperazine rings is 1. The number of rotatable bonds is 3. The van der Waals surface area contributed by atoms with E-state index in [-0.39, 0.29) is 0 Å². The van der Waals surface area contributed by atoms with Crippen molar-refractivity contribution in [2.75, 3.05) is 13.1 Å². The van der Waals surface area contributed by atoms with Crippen LogP contribution in [0.3, 0.4) is 0 Å². The second-order valence-electron chi connectivity index (χ2n) is 8.65. The van der Waals surface area contributed by atoms with Gasteiger partial charge in [0.15, 0.2) is 0 Å². The Morgan fingerprint density at radius 3 is 2.19 bits per heavy atom. The second kappa shape index (κ2) is 5.85. The maximum Gasteiger partial charge on any atom is 0.0309 e. The van der Waals surface area contributed by atoms with E-state index in [4.69, 9.17) is 0 Å².